The maximum absolute atomic E-state index is 8.72. The van der Waals surface area contributed by atoms with Crippen LogP contribution in [0, 0.1) is 0 Å². The van der Waals surface area contributed by atoms with Crippen molar-refractivity contribution < 1.29 is 10.2 Å². The second-order valence-corrected chi connectivity index (χ2v) is 2.18. The standard InChI is InChI=1S/C7H11N3O2/c11-4-3-9-7-8-2-1-6(5-12)10-7/h1-2,11-12H,3-5H2,(H,8,9,10). The van der Waals surface area contributed by atoms with E-state index in [2.05, 4.69) is 15.3 Å². The largest absolute Gasteiger partial charge is 0.395 e. The van der Waals surface area contributed by atoms with E-state index in [0.717, 1.165) is 0 Å². The predicted octanol–water partition coefficient (Wildman–Crippen LogP) is -0.627. The number of nitrogens with one attached hydrogen (secondary N) is 1. The third-order valence-corrected chi connectivity index (χ3v) is 1.27. The first-order chi connectivity index (χ1) is 5.86. The zero-order valence-electron chi connectivity index (χ0n) is 6.56. The second-order valence-electron chi connectivity index (χ2n) is 2.18. The smallest absolute Gasteiger partial charge is 0.223 e. The lowest BCUT2D eigenvalue weighted by atomic mass is 10.4. The Labute approximate surface area is 70.1 Å². The highest BCUT2D eigenvalue weighted by molar-refractivity contribution is 5.24. The molecule has 66 valence electrons. The average molecular weight is 169 g/mol. The van der Waals surface area contributed by atoms with Crippen LogP contribution in [0.3, 0.4) is 0 Å². The third kappa shape index (κ3) is 2.44. The molecule has 0 saturated heterocycles. The van der Waals surface area contributed by atoms with Crippen LogP contribution in [0.4, 0.5) is 5.95 Å². The Morgan fingerprint density at radius 3 is 2.92 bits per heavy atom. The molecule has 1 heterocycles. The molecule has 0 bridgehead atoms. The van der Waals surface area contributed by atoms with E-state index in [1.165, 1.54) is 0 Å². The Hall–Kier alpha value is -1.20. The molecule has 0 aliphatic heterocycles. The number of anilines is 1. The molecule has 0 spiro atoms. The van der Waals surface area contributed by atoms with Gasteiger partial charge in [-0.2, -0.15) is 0 Å². The summed E-state index contributed by atoms with van der Waals surface area (Å²) in [6, 6.07) is 1.63. The van der Waals surface area contributed by atoms with E-state index in [1.54, 1.807) is 12.3 Å². The Morgan fingerprint density at radius 2 is 2.25 bits per heavy atom. The van der Waals surface area contributed by atoms with E-state index >= 15 is 0 Å². The zero-order chi connectivity index (χ0) is 8.81. The zero-order valence-corrected chi connectivity index (χ0v) is 6.56. The molecule has 3 N–H and O–H groups in total. The van der Waals surface area contributed by atoms with Crippen molar-refractivity contribution in [2.24, 2.45) is 0 Å². The van der Waals surface area contributed by atoms with Gasteiger partial charge in [-0.1, -0.05) is 0 Å². The number of rotatable bonds is 4. The molecule has 0 aromatic carbocycles. The summed E-state index contributed by atoms with van der Waals surface area (Å²) in [5, 5.41) is 20.0. The van der Waals surface area contributed by atoms with Gasteiger partial charge in [0.05, 0.1) is 18.9 Å². The summed E-state index contributed by atoms with van der Waals surface area (Å²) in [7, 11) is 0. The lowest BCUT2D eigenvalue weighted by Gasteiger charge is -2.02. The number of aliphatic hydroxyl groups is 2. The van der Waals surface area contributed by atoms with Crippen LogP contribution in [0.25, 0.3) is 0 Å². The monoisotopic (exact) mass is 169 g/mol. The van der Waals surface area contributed by atoms with Crippen LogP contribution in [0.2, 0.25) is 0 Å². The molecular formula is C7H11N3O2. The van der Waals surface area contributed by atoms with Crippen molar-refractivity contribution in [1.82, 2.24) is 9.97 Å². The van der Waals surface area contributed by atoms with Crippen molar-refractivity contribution in [1.29, 1.82) is 0 Å². The summed E-state index contributed by atoms with van der Waals surface area (Å²) in [6.07, 6.45) is 1.55. The SMILES string of the molecule is OCCNc1nccc(CO)n1. The van der Waals surface area contributed by atoms with Gasteiger partial charge in [-0.15, -0.1) is 0 Å². The first-order valence-corrected chi connectivity index (χ1v) is 3.64. The van der Waals surface area contributed by atoms with Gasteiger partial charge in [0.15, 0.2) is 0 Å². The van der Waals surface area contributed by atoms with Gasteiger partial charge >= 0.3 is 0 Å². The average Bonchev–Trinajstić information content (AvgIpc) is 2.15. The minimum Gasteiger partial charge on any atom is -0.395 e. The molecular weight excluding hydrogens is 158 g/mol. The van der Waals surface area contributed by atoms with Crippen LogP contribution in [-0.4, -0.2) is 33.3 Å². The van der Waals surface area contributed by atoms with Gasteiger partial charge < -0.3 is 15.5 Å². The topological polar surface area (TPSA) is 78.3 Å². The van der Waals surface area contributed by atoms with E-state index < -0.39 is 0 Å². The molecule has 1 aromatic heterocycles. The first-order valence-electron chi connectivity index (χ1n) is 3.64. The molecule has 5 nitrogen and oxygen atoms in total. The summed E-state index contributed by atoms with van der Waals surface area (Å²) < 4.78 is 0. The Kier molecular flexibility index (Phi) is 3.43. The number of hydrogen-bond acceptors (Lipinski definition) is 5. The first kappa shape index (κ1) is 8.89. The summed E-state index contributed by atoms with van der Waals surface area (Å²) in [4.78, 5) is 7.83. The molecule has 1 aromatic rings. The van der Waals surface area contributed by atoms with Crippen LogP contribution in [0.5, 0.6) is 0 Å². The van der Waals surface area contributed by atoms with Gasteiger partial charge in [0.2, 0.25) is 5.95 Å². The van der Waals surface area contributed by atoms with E-state index in [4.69, 9.17) is 10.2 Å². The summed E-state index contributed by atoms with van der Waals surface area (Å²) in [6.45, 7) is 0.345. The van der Waals surface area contributed by atoms with Gasteiger partial charge in [-0.3, -0.25) is 0 Å². The van der Waals surface area contributed by atoms with Gasteiger partial charge in [0.1, 0.15) is 0 Å². The van der Waals surface area contributed by atoms with Crippen molar-refractivity contribution in [3.05, 3.63) is 18.0 Å². The molecule has 1 rings (SSSR count). The van der Waals surface area contributed by atoms with Crippen LogP contribution in [0.1, 0.15) is 5.69 Å². The van der Waals surface area contributed by atoms with Crippen molar-refractivity contribution in [2.45, 2.75) is 6.61 Å². The molecule has 0 aliphatic rings. The Balaban J connectivity index is 2.60. The summed E-state index contributed by atoms with van der Waals surface area (Å²) in [5.74, 6) is 0.426. The number of aliphatic hydroxyl groups excluding tert-OH is 2. The minimum absolute atomic E-state index is 0.0344. The molecule has 0 atom stereocenters. The van der Waals surface area contributed by atoms with Gasteiger partial charge in [-0.25, -0.2) is 9.97 Å². The van der Waals surface area contributed by atoms with Crippen LogP contribution in [-0.2, 0) is 6.61 Å². The van der Waals surface area contributed by atoms with Gasteiger partial charge in [-0.05, 0) is 6.07 Å². The quantitative estimate of drug-likeness (QED) is 0.559. The van der Waals surface area contributed by atoms with E-state index in [1.807, 2.05) is 0 Å². The highest BCUT2D eigenvalue weighted by Crippen LogP contribution is 1.98. The van der Waals surface area contributed by atoms with Crippen molar-refractivity contribution in [3.63, 3.8) is 0 Å². The molecule has 0 unspecified atom stereocenters. The number of nitrogens with zero attached hydrogens (tertiary/aromatic N) is 2. The Morgan fingerprint density at radius 1 is 1.42 bits per heavy atom. The molecule has 0 saturated carbocycles. The highest BCUT2D eigenvalue weighted by atomic mass is 16.3. The van der Waals surface area contributed by atoms with Crippen molar-refractivity contribution in [3.8, 4) is 0 Å². The molecule has 0 aliphatic carbocycles. The lowest BCUT2D eigenvalue weighted by Crippen LogP contribution is -2.09. The molecule has 0 fully saturated rings. The highest BCUT2D eigenvalue weighted by Gasteiger charge is 1.95. The Bertz CT molecular complexity index is 242. The van der Waals surface area contributed by atoms with Crippen molar-refractivity contribution in [2.75, 3.05) is 18.5 Å². The van der Waals surface area contributed by atoms with E-state index in [9.17, 15) is 0 Å². The lowest BCUT2D eigenvalue weighted by molar-refractivity contribution is 0.276. The fourth-order valence-corrected chi connectivity index (χ4v) is 0.737. The summed E-state index contributed by atoms with van der Waals surface area (Å²) >= 11 is 0. The van der Waals surface area contributed by atoms with E-state index in [0.29, 0.717) is 18.2 Å². The fourth-order valence-electron chi connectivity index (χ4n) is 0.737. The van der Waals surface area contributed by atoms with Crippen LogP contribution >= 0.6 is 0 Å². The maximum Gasteiger partial charge on any atom is 0.223 e. The molecule has 5 heteroatoms. The normalized spacial score (nSPS) is 9.83. The van der Waals surface area contributed by atoms with Gasteiger partial charge in [0, 0.05) is 12.7 Å². The van der Waals surface area contributed by atoms with Gasteiger partial charge in [0.25, 0.3) is 0 Å². The fraction of sp³-hybridized carbons (Fsp3) is 0.429. The third-order valence-electron chi connectivity index (χ3n) is 1.27. The number of aromatic nitrogens is 2. The molecule has 0 radical (unpaired) electrons. The summed E-state index contributed by atoms with van der Waals surface area (Å²) in [5.41, 5.74) is 0.561. The predicted molar refractivity (Wildman–Crippen MR) is 43.5 cm³/mol. The van der Waals surface area contributed by atoms with Crippen molar-refractivity contribution >= 4 is 5.95 Å². The van der Waals surface area contributed by atoms with Crippen LogP contribution < -0.4 is 5.32 Å². The maximum atomic E-state index is 8.72. The van der Waals surface area contributed by atoms with E-state index in [-0.39, 0.29) is 13.2 Å². The molecule has 0 amide bonds. The molecule has 12 heavy (non-hydrogen) atoms. The van der Waals surface area contributed by atoms with Crippen LogP contribution in [0.15, 0.2) is 12.3 Å². The second kappa shape index (κ2) is 4.63. The number of hydrogen-bond donors (Lipinski definition) is 3. The minimum atomic E-state index is -0.101.